The summed E-state index contributed by atoms with van der Waals surface area (Å²) in [6, 6.07) is 0. The molecule has 0 radical (unpaired) electrons. The van der Waals surface area contributed by atoms with Gasteiger partial charge in [-0.3, -0.25) is 0 Å². The lowest BCUT2D eigenvalue weighted by Crippen LogP contribution is -2.49. The molecule has 0 amide bonds. The fraction of sp³-hybridized carbons (Fsp3) is 0.750. The van der Waals surface area contributed by atoms with Gasteiger partial charge < -0.3 is 9.84 Å². The number of esters is 1. The fourth-order valence-corrected chi connectivity index (χ4v) is 5.38. The van der Waals surface area contributed by atoms with Crippen molar-refractivity contribution in [3.63, 3.8) is 0 Å². The van der Waals surface area contributed by atoms with Crippen LogP contribution in [0.25, 0.3) is 0 Å². The maximum absolute atomic E-state index is 11.3. The third-order valence-corrected chi connectivity index (χ3v) is 7.39. The van der Waals surface area contributed by atoms with Crippen molar-refractivity contribution >= 4 is 5.97 Å². The Morgan fingerprint density at radius 2 is 2.09 bits per heavy atom. The minimum Gasteiger partial charge on any atom is -0.429 e. The number of hydrogen-bond acceptors (Lipinski definition) is 3. The summed E-state index contributed by atoms with van der Waals surface area (Å²) >= 11 is 0. The van der Waals surface area contributed by atoms with Gasteiger partial charge >= 0.3 is 5.97 Å². The standard InChI is InChI=1S/C20H30O3/c1-13-6-5-7-16-19(13,3)10-8-14(2)20(16,4)11-9-15-12-17(21)23-18(15)22/h6,12,14,16,18,22H,5,7-11H2,1-4H3/t14-,16?,18+,19+,20+/m1/s1. The maximum atomic E-state index is 11.3. The lowest BCUT2D eigenvalue weighted by molar-refractivity contribution is -0.151. The van der Waals surface area contributed by atoms with Crippen molar-refractivity contribution in [1.29, 1.82) is 0 Å². The predicted octanol–water partition coefficient (Wildman–Crippen LogP) is 4.37. The van der Waals surface area contributed by atoms with Crippen LogP contribution >= 0.6 is 0 Å². The van der Waals surface area contributed by atoms with Gasteiger partial charge in [-0.1, -0.05) is 32.4 Å². The molecule has 0 aromatic carbocycles. The number of ether oxygens (including phenoxy) is 1. The van der Waals surface area contributed by atoms with E-state index >= 15 is 0 Å². The van der Waals surface area contributed by atoms with Crippen LogP contribution in [0.4, 0.5) is 0 Å². The van der Waals surface area contributed by atoms with Crippen LogP contribution in [0.5, 0.6) is 0 Å². The highest BCUT2D eigenvalue weighted by Crippen LogP contribution is 2.61. The van der Waals surface area contributed by atoms with Crippen LogP contribution in [0, 0.1) is 22.7 Å². The highest BCUT2D eigenvalue weighted by molar-refractivity contribution is 5.85. The Bertz CT molecular complexity index is 561. The van der Waals surface area contributed by atoms with Gasteiger partial charge in [-0.15, -0.1) is 0 Å². The Morgan fingerprint density at radius 3 is 2.74 bits per heavy atom. The summed E-state index contributed by atoms with van der Waals surface area (Å²) in [5, 5.41) is 9.84. The smallest absolute Gasteiger partial charge is 0.333 e. The second-order valence-electron chi connectivity index (χ2n) is 8.39. The molecule has 1 heterocycles. The van der Waals surface area contributed by atoms with Crippen LogP contribution in [0.2, 0.25) is 0 Å². The summed E-state index contributed by atoms with van der Waals surface area (Å²) in [6.07, 6.45) is 9.63. The van der Waals surface area contributed by atoms with Gasteiger partial charge in [0.15, 0.2) is 0 Å². The molecule has 2 aliphatic carbocycles. The number of allylic oxidation sites excluding steroid dienone is 2. The molecule has 1 fully saturated rings. The summed E-state index contributed by atoms with van der Waals surface area (Å²) in [6.45, 7) is 9.57. The number of carbonyl (C=O) groups excluding carboxylic acids is 1. The second-order valence-corrected chi connectivity index (χ2v) is 8.39. The van der Waals surface area contributed by atoms with E-state index in [4.69, 9.17) is 4.74 Å². The number of rotatable bonds is 3. The molecule has 1 aliphatic heterocycles. The summed E-state index contributed by atoms with van der Waals surface area (Å²) in [5.74, 6) is 0.942. The Kier molecular flexibility index (Phi) is 4.20. The van der Waals surface area contributed by atoms with Crippen molar-refractivity contribution in [2.45, 2.75) is 72.5 Å². The normalized spacial score (nSPS) is 43.5. The predicted molar refractivity (Wildman–Crippen MR) is 90.5 cm³/mol. The lowest BCUT2D eigenvalue weighted by atomic mass is 9.47. The minimum absolute atomic E-state index is 0.245. The van der Waals surface area contributed by atoms with Crippen molar-refractivity contribution in [2.75, 3.05) is 0 Å². The molecule has 23 heavy (non-hydrogen) atoms. The number of aliphatic hydroxyl groups is 1. The Hall–Kier alpha value is -1.09. The zero-order valence-corrected chi connectivity index (χ0v) is 14.9. The number of hydrogen-bond donors (Lipinski definition) is 1. The largest absolute Gasteiger partial charge is 0.429 e. The van der Waals surface area contributed by atoms with E-state index < -0.39 is 12.3 Å². The van der Waals surface area contributed by atoms with Crippen LogP contribution in [-0.4, -0.2) is 17.4 Å². The Morgan fingerprint density at radius 1 is 1.35 bits per heavy atom. The summed E-state index contributed by atoms with van der Waals surface area (Å²) in [5.41, 5.74) is 2.87. The van der Waals surface area contributed by atoms with Gasteiger partial charge in [0, 0.05) is 11.6 Å². The molecule has 1 unspecified atom stereocenters. The summed E-state index contributed by atoms with van der Waals surface area (Å²) in [4.78, 5) is 11.3. The first kappa shape index (κ1) is 16.8. The van der Waals surface area contributed by atoms with E-state index in [0.717, 1.165) is 18.4 Å². The molecule has 1 saturated carbocycles. The highest BCUT2D eigenvalue weighted by Gasteiger charge is 2.53. The first-order chi connectivity index (χ1) is 10.8. The molecular formula is C20H30O3. The maximum Gasteiger partial charge on any atom is 0.333 e. The Labute approximate surface area is 139 Å². The summed E-state index contributed by atoms with van der Waals surface area (Å²) < 4.78 is 4.83. The lowest BCUT2D eigenvalue weighted by Gasteiger charge is -2.58. The van der Waals surface area contributed by atoms with Gasteiger partial charge in [0.25, 0.3) is 0 Å². The topological polar surface area (TPSA) is 46.5 Å². The number of carbonyl (C=O) groups is 1. The van der Waals surface area contributed by atoms with Crippen LogP contribution in [0.3, 0.4) is 0 Å². The van der Waals surface area contributed by atoms with Gasteiger partial charge in [0.2, 0.25) is 6.29 Å². The molecule has 3 nitrogen and oxygen atoms in total. The zero-order chi connectivity index (χ0) is 16.8. The average molecular weight is 318 g/mol. The molecule has 0 aromatic rings. The first-order valence-corrected chi connectivity index (χ1v) is 9.04. The van der Waals surface area contributed by atoms with Gasteiger partial charge in [0.1, 0.15) is 0 Å². The van der Waals surface area contributed by atoms with Gasteiger partial charge in [0.05, 0.1) is 0 Å². The average Bonchev–Trinajstić information content (AvgIpc) is 2.82. The van der Waals surface area contributed by atoms with Gasteiger partial charge in [-0.25, -0.2) is 4.79 Å². The number of fused-ring (bicyclic) bond motifs is 1. The van der Waals surface area contributed by atoms with Gasteiger partial charge in [-0.2, -0.15) is 0 Å². The zero-order valence-electron chi connectivity index (χ0n) is 14.9. The van der Waals surface area contributed by atoms with Crippen LogP contribution in [0.15, 0.2) is 23.3 Å². The van der Waals surface area contributed by atoms with E-state index in [1.165, 1.54) is 31.8 Å². The van der Waals surface area contributed by atoms with Crippen LogP contribution < -0.4 is 0 Å². The fourth-order valence-electron chi connectivity index (χ4n) is 5.38. The highest BCUT2D eigenvalue weighted by atomic mass is 16.6. The Balaban J connectivity index is 1.82. The van der Waals surface area contributed by atoms with E-state index in [-0.39, 0.29) is 5.41 Å². The minimum atomic E-state index is -1.02. The second kappa shape index (κ2) is 5.77. The third kappa shape index (κ3) is 2.67. The van der Waals surface area contributed by atoms with Crippen LogP contribution in [-0.2, 0) is 9.53 Å². The number of cyclic esters (lactones) is 1. The van der Waals surface area contributed by atoms with Crippen molar-refractivity contribution in [1.82, 2.24) is 0 Å². The summed E-state index contributed by atoms with van der Waals surface area (Å²) in [7, 11) is 0. The van der Waals surface area contributed by atoms with E-state index in [0.29, 0.717) is 17.3 Å². The quantitative estimate of drug-likeness (QED) is 0.621. The molecular weight excluding hydrogens is 288 g/mol. The molecule has 1 N–H and O–H groups in total. The van der Waals surface area contributed by atoms with Crippen molar-refractivity contribution in [2.24, 2.45) is 22.7 Å². The molecule has 0 spiro atoms. The SMILES string of the molecule is CC1=CCCC2[C@@]1(C)CC[C@@H](C)[C@]2(C)CCC1=CC(=O)O[C@@H]1O. The molecule has 3 heteroatoms. The molecule has 3 rings (SSSR count). The van der Waals surface area contributed by atoms with Gasteiger partial charge in [-0.05, 0) is 68.1 Å². The monoisotopic (exact) mass is 318 g/mol. The van der Waals surface area contributed by atoms with E-state index in [2.05, 4.69) is 33.8 Å². The molecule has 0 aromatic heterocycles. The van der Waals surface area contributed by atoms with Crippen molar-refractivity contribution in [3.8, 4) is 0 Å². The first-order valence-electron chi connectivity index (χ1n) is 9.04. The van der Waals surface area contributed by atoms with Crippen molar-refractivity contribution in [3.05, 3.63) is 23.3 Å². The molecule has 128 valence electrons. The van der Waals surface area contributed by atoms with E-state index in [9.17, 15) is 9.90 Å². The van der Waals surface area contributed by atoms with Crippen LogP contribution in [0.1, 0.15) is 66.2 Å². The third-order valence-electron chi connectivity index (χ3n) is 7.39. The number of aliphatic hydroxyl groups excluding tert-OH is 1. The molecule has 0 bridgehead atoms. The molecule has 3 aliphatic rings. The molecule has 5 atom stereocenters. The molecule has 0 saturated heterocycles. The van der Waals surface area contributed by atoms with E-state index in [1.54, 1.807) is 5.57 Å². The van der Waals surface area contributed by atoms with Crippen molar-refractivity contribution < 1.29 is 14.6 Å². The van der Waals surface area contributed by atoms with E-state index in [1.807, 2.05) is 0 Å².